The molecule has 2 bridgehead atoms. The number of amides is 1. The van der Waals surface area contributed by atoms with Gasteiger partial charge in [0, 0.05) is 31.2 Å². The third-order valence-electron chi connectivity index (χ3n) is 7.13. The van der Waals surface area contributed by atoms with E-state index in [0.29, 0.717) is 30.1 Å². The molecule has 188 valence electrons. The van der Waals surface area contributed by atoms with E-state index in [4.69, 9.17) is 9.47 Å². The summed E-state index contributed by atoms with van der Waals surface area (Å²) in [6.07, 6.45) is 7.11. The van der Waals surface area contributed by atoms with Crippen LogP contribution in [0.5, 0.6) is 5.88 Å². The monoisotopic (exact) mass is 504 g/mol. The van der Waals surface area contributed by atoms with Crippen molar-refractivity contribution in [2.75, 3.05) is 11.6 Å². The highest BCUT2D eigenvalue weighted by molar-refractivity contribution is 7.90. The third-order valence-corrected chi connectivity index (χ3v) is 8.24. The molecule has 2 saturated heterocycles. The first-order valence-electron chi connectivity index (χ1n) is 11.8. The van der Waals surface area contributed by atoms with Crippen molar-refractivity contribution < 1.29 is 27.1 Å². The van der Waals surface area contributed by atoms with E-state index in [-0.39, 0.29) is 40.5 Å². The predicted octanol–water partition coefficient (Wildman–Crippen LogP) is 4.13. The molecule has 5 rings (SSSR count). The summed E-state index contributed by atoms with van der Waals surface area (Å²) >= 11 is 0. The quantitative estimate of drug-likeness (QED) is 0.625. The van der Waals surface area contributed by atoms with Gasteiger partial charge in [-0.2, -0.15) is 0 Å². The van der Waals surface area contributed by atoms with Crippen LogP contribution in [0.25, 0.3) is 0 Å². The first-order valence-corrected chi connectivity index (χ1v) is 13.7. The van der Waals surface area contributed by atoms with E-state index in [1.165, 1.54) is 18.5 Å². The molecule has 9 nitrogen and oxygen atoms in total. The number of hydrogen-bond acceptors (Lipinski definition) is 8. The number of rotatable bonds is 6. The van der Waals surface area contributed by atoms with Crippen LogP contribution in [0.3, 0.4) is 0 Å². The van der Waals surface area contributed by atoms with Gasteiger partial charge in [-0.15, -0.1) is 0 Å². The predicted molar refractivity (Wildman–Crippen MR) is 126 cm³/mol. The fourth-order valence-electron chi connectivity index (χ4n) is 4.86. The molecule has 1 aromatic heterocycles. The molecule has 35 heavy (non-hydrogen) atoms. The molecule has 11 heteroatoms. The van der Waals surface area contributed by atoms with Gasteiger partial charge in [0.05, 0.1) is 16.1 Å². The van der Waals surface area contributed by atoms with Crippen molar-refractivity contribution in [3.8, 4) is 5.88 Å². The molecule has 3 heterocycles. The van der Waals surface area contributed by atoms with Gasteiger partial charge in [-0.3, -0.25) is 0 Å². The molecule has 1 amide bonds. The number of carbonyl (C=O) groups is 1. The zero-order valence-electron chi connectivity index (χ0n) is 20.0. The molecule has 2 atom stereocenters. The number of aromatic nitrogens is 2. The zero-order valence-corrected chi connectivity index (χ0v) is 20.8. The highest BCUT2D eigenvalue weighted by Gasteiger charge is 2.49. The van der Waals surface area contributed by atoms with Crippen molar-refractivity contribution in [2.45, 2.75) is 81.1 Å². The van der Waals surface area contributed by atoms with Gasteiger partial charge in [0.1, 0.15) is 29.7 Å². The summed E-state index contributed by atoms with van der Waals surface area (Å²) in [4.78, 5) is 23.0. The number of carbonyl (C=O) groups excluding carboxylic acids is 1. The Kier molecular flexibility index (Phi) is 5.85. The van der Waals surface area contributed by atoms with Crippen molar-refractivity contribution >= 4 is 27.4 Å². The topological polar surface area (TPSA) is 111 Å². The lowest BCUT2D eigenvalue weighted by Crippen LogP contribution is -2.50. The molecule has 1 saturated carbocycles. The van der Waals surface area contributed by atoms with Gasteiger partial charge in [-0.1, -0.05) is 0 Å². The zero-order chi connectivity index (χ0) is 25.0. The van der Waals surface area contributed by atoms with Crippen LogP contribution >= 0.6 is 0 Å². The number of anilines is 2. The molecule has 3 fully saturated rings. The molecule has 0 spiro atoms. The minimum atomic E-state index is -3.51. The Bertz CT molecular complexity index is 1250. The fraction of sp³-hybridized carbons (Fsp3) is 0.542. The molecular formula is C24H29FN4O5S. The molecule has 2 aromatic rings. The van der Waals surface area contributed by atoms with Gasteiger partial charge in [0.15, 0.2) is 9.84 Å². The number of ether oxygens (including phenoxy) is 2. The lowest BCUT2D eigenvalue weighted by atomic mass is 10.0. The Balaban J connectivity index is 1.27. The Morgan fingerprint density at radius 2 is 1.89 bits per heavy atom. The third kappa shape index (κ3) is 4.91. The second kappa shape index (κ2) is 8.61. The van der Waals surface area contributed by atoms with Crippen LogP contribution in [0.2, 0.25) is 0 Å². The molecule has 1 aliphatic carbocycles. The number of halogens is 1. The maximum atomic E-state index is 14.5. The Labute approximate surface area is 204 Å². The van der Waals surface area contributed by atoms with Crippen molar-refractivity contribution in [3.63, 3.8) is 0 Å². The van der Waals surface area contributed by atoms with Crippen molar-refractivity contribution in [2.24, 2.45) is 0 Å². The van der Waals surface area contributed by atoms with E-state index in [1.54, 1.807) is 6.92 Å². The van der Waals surface area contributed by atoms with Crippen LogP contribution in [0.15, 0.2) is 29.4 Å². The second-order valence-electron chi connectivity index (χ2n) is 10.0. The van der Waals surface area contributed by atoms with Gasteiger partial charge in [-0.05, 0) is 57.7 Å². The summed E-state index contributed by atoms with van der Waals surface area (Å²) in [5, 5.41) is 2.91. The lowest BCUT2D eigenvalue weighted by Gasteiger charge is -2.38. The van der Waals surface area contributed by atoms with Gasteiger partial charge in [0.25, 0.3) is 0 Å². The number of hydrogen-bond donors (Lipinski definition) is 1. The summed E-state index contributed by atoms with van der Waals surface area (Å²) in [7, 11) is -3.51. The van der Waals surface area contributed by atoms with E-state index in [2.05, 4.69) is 15.3 Å². The maximum absolute atomic E-state index is 14.5. The molecular weight excluding hydrogens is 475 g/mol. The van der Waals surface area contributed by atoms with Crippen LogP contribution in [-0.4, -0.2) is 59.4 Å². The number of nitrogens with zero attached hydrogens (tertiary/aromatic N) is 3. The molecule has 0 radical (unpaired) electrons. The van der Waals surface area contributed by atoms with E-state index >= 15 is 0 Å². The molecule has 2 aliphatic heterocycles. The Morgan fingerprint density at radius 1 is 1.20 bits per heavy atom. The highest BCUT2D eigenvalue weighted by Crippen LogP contribution is 2.43. The molecule has 2 unspecified atom stereocenters. The second-order valence-corrected chi connectivity index (χ2v) is 12.0. The van der Waals surface area contributed by atoms with Crippen LogP contribution in [0.1, 0.15) is 51.0 Å². The smallest absolute Gasteiger partial charge is 0.410 e. The minimum absolute atomic E-state index is 0.0794. The van der Waals surface area contributed by atoms with Gasteiger partial charge >= 0.3 is 6.09 Å². The molecule has 1 N–H and O–H groups in total. The Morgan fingerprint density at radius 3 is 2.49 bits per heavy atom. The first kappa shape index (κ1) is 23.8. The van der Waals surface area contributed by atoms with Gasteiger partial charge < -0.3 is 19.7 Å². The number of piperidine rings is 1. The average Bonchev–Trinajstić information content (AvgIpc) is 3.44. The van der Waals surface area contributed by atoms with Crippen LogP contribution in [0, 0.1) is 12.7 Å². The number of nitrogens with one attached hydrogen (secondary N) is 1. The van der Waals surface area contributed by atoms with Crippen molar-refractivity contribution in [1.82, 2.24) is 14.9 Å². The molecule has 3 aliphatic rings. The summed E-state index contributed by atoms with van der Waals surface area (Å²) in [6.45, 7) is 3.75. The number of sulfone groups is 1. The molecule has 1 aromatic carbocycles. The van der Waals surface area contributed by atoms with E-state index in [9.17, 15) is 17.6 Å². The largest absolute Gasteiger partial charge is 0.474 e. The summed E-state index contributed by atoms with van der Waals surface area (Å²) in [6, 6.07) is 3.84. The standard InChI is InChI=1S/C24H29FN4O5S/c1-14-21(28-20-7-6-18(12-19(20)25)35(3,31)32)26-13-27-22(14)33-17-10-15-4-5-16(11-17)29(15)23(30)34-24(2)8-9-24/h6-7,12-13,15-17H,4-5,8-11H2,1-3H3,(H,26,27,28). The minimum Gasteiger partial charge on any atom is -0.474 e. The van der Waals surface area contributed by atoms with Gasteiger partial charge in [-0.25, -0.2) is 27.6 Å². The number of fused-ring (bicyclic) bond motifs is 2. The van der Waals surface area contributed by atoms with E-state index < -0.39 is 15.7 Å². The van der Waals surface area contributed by atoms with Crippen LogP contribution < -0.4 is 10.1 Å². The Hall–Kier alpha value is -2.95. The van der Waals surface area contributed by atoms with E-state index in [0.717, 1.165) is 38.0 Å². The normalized spacial score (nSPS) is 24.7. The van der Waals surface area contributed by atoms with E-state index in [1.807, 2.05) is 11.8 Å². The van der Waals surface area contributed by atoms with Crippen LogP contribution in [-0.2, 0) is 14.6 Å². The first-order chi connectivity index (χ1) is 16.5. The SMILES string of the molecule is Cc1c(Nc2ccc(S(C)(=O)=O)cc2F)ncnc1OC1CC2CCC(C1)N2C(=O)OC1(C)CC1. The van der Waals surface area contributed by atoms with Crippen molar-refractivity contribution in [3.05, 3.63) is 35.9 Å². The van der Waals surface area contributed by atoms with Gasteiger partial charge in [0.2, 0.25) is 5.88 Å². The van der Waals surface area contributed by atoms with Crippen molar-refractivity contribution in [1.29, 1.82) is 0 Å². The summed E-state index contributed by atoms with van der Waals surface area (Å²) < 4.78 is 49.8. The highest BCUT2D eigenvalue weighted by atomic mass is 32.2. The summed E-state index contributed by atoms with van der Waals surface area (Å²) in [5.74, 6) is 0.0496. The lowest BCUT2D eigenvalue weighted by molar-refractivity contribution is 0.0115. The fourth-order valence-corrected chi connectivity index (χ4v) is 5.49. The maximum Gasteiger partial charge on any atom is 0.410 e. The summed E-state index contributed by atoms with van der Waals surface area (Å²) in [5.41, 5.74) is 0.407. The number of benzene rings is 1. The average molecular weight is 505 g/mol. The van der Waals surface area contributed by atoms with Crippen LogP contribution in [0.4, 0.5) is 20.7 Å².